The zero-order valence-corrected chi connectivity index (χ0v) is 10.6. The van der Waals surface area contributed by atoms with Crippen LogP contribution in [0.3, 0.4) is 0 Å². The van der Waals surface area contributed by atoms with E-state index in [4.69, 9.17) is 11.6 Å². The van der Waals surface area contributed by atoms with Crippen molar-refractivity contribution in [2.45, 2.75) is 19.2 Å². The number of hydrogen-bond acceptors (Lipinski definition) is 2. The van der Waals surface area contributed by atoms with E-state index in [-0.39, 0.29) is 16.3 Å². The molecule has 0 saturated carbocycles. The minimum Gasteiger partial charge on any atom is -0.379 e. The van der Waals surface area contributed by atoms with Gasteiger partial charge in [0, 0.05) is 16.8 Å². The number of alkyl halides is 3. The van der Waals surface area contributed by atoms with Crippen LogP contribution in [0.15, 0.2) is 30.5 Å². The monoisotopic (exact) mass is 290 g/mol. The molecule has 19 heavy (non-hydrogen) atoms. The first-order valence-electron chi connectivity index (χ1n) is 5.36. The molecule has 0 radical (unpaired) electrons. The standard InChI is InChI=1S/C12H10ClF3N2O/c1-7-4-5-18(17-7)10-6-8(13)2-3-9(10)11(19)12(14,15)16/h2-6,11,19H,1H3/t11-/m0/s1. The number of aromatic nitrogens is 2. The number of halogens is 4. The van der Waals surface area contributed by atoms with Gasteiger partial charge in [0.15, 0.2) is 6.10 Å². The summed E-state index contributed by atoms with van der Waals surface area (Å²) in [6.45, 7) is 1.71. The van der Waals surface area contributed by atoms with Crippen LogP contribution in [0.25, 0.3) is 5.69 Å². The molecule has 0 bridgehead atoms. The Bertz CT molecular complexity index is 595. The third kappa shape index (κ3) is 2.90. The second kappa shape index (κ2) is 4.86. The summed E-state index contributed by atoms with van der Waals surface area (Å²) < 4.78 is 39.1. The van der Waals surface area contributed by atoms with Gasteiger partial charge in [-0.3, -0.25) is 0 Å². The largest absolute Gasteiger partial charge is 0.418 e. The summed E-state index contributed by atoms with van der Waals surface area (Å²) in [7, 11) is 0. The molecule has 7 heteroatoms. The maximum absolute atomic E-state index is 12.6. The van der Waals surface area contributed by atoms with Crippen LogP contribution in [0.5, 0.6) is 0 Å². The first-order chi connectivity index (χ1) is 8.79. The average Bonchev–Trinajstić information content (AvgIpc) is 2.73. The third-order valence-electron chi connectivity index (χ3n) is 2.57. The van der Waals surface area contributed by atoms with Crippen LogP contribution >= 0.6 is 11.6 Å². The fraction of sp³-hybridized carbons (Fsp3) is 0.250. The molecule has 2 aromatic rings. The lowest BCUT2D eigenvalue weighted by atomic mass is 10.1. The van der Waals surface area contributed by atoms with E-state index in [1.165, 1.54) is 23.0 Å². The Morgan fingerprint density at radius 2 is 2.00 bits per heavy atom. The van der Waals surface area contributed by atoms with Crippen LogP contribution < -0.4 is 0 Å². The molecule has 0 aliphatic carbocycles. The molecule has 1 atom stereocenters. The van der Waals surface area contributed by atoms with Crippen molar-refractivity contribution in [3.63, 3.8) is 0 Å². The maximum atomic E-state index is 12.6. The van der Waals surface area contributed by atoms with Crippen molar-refractivity contribution in [2.75, 3.05) is 0 Å². The molecule has 0 spiro atoms. The smallest absolute Gasteiger partial charge is 0.379 e. The molecule has 1 N–H and O–H groups in total. The molecule has 1 aromatic carbocycles. The summed E-state index contributed by atoms with van der Waals surface area (Å²) in [5.41, 5.74) is 0.456. The molecule has 102 valence electrons. The quantitative estimate of drug-likeness (QED) is 0.920. The Kier molecular flexibility index (Phi) is 3.56. The van der Waals surface area contributed by atoms with Gasteiger partial charge >= 0.3 is 6.18 Å². The minimum absolute atomic E-state index is 0.102. The van der Waals surface area contributed by atoms with E-state index in [2.05, 4.69) is 5.10 Å². The molecule has 0 fully saturated rings. The predicted octanol–water partition coefficient (Wildman–Crippen LogP) is 3.43. The lowest BCUT2D eigenvalue weighted by molar-refractivity contribution is -0.206. The molecular formula is C12H10ClF3N2O. The lowest BCUT2D eigenvalue weighted by Crippen LogP contribution is -2.21. The minimum atomic E-state index is -4.75. The van der Waals surface area contributed by atoms with Gasteiger partial charge in [-0.15, -0.1) is 0 Å². The molecule has 1 heterocycles. The molecule has 0 unspecified atom stereocenters. The van der Waals surface area contributed by atoms with Gasteiger partial charge in [-0.25, -0.2) is 4.68 Å². The summed E-state index contributed by atoms with van der Waals surface area (Å²) in [5, 5.41) is 13.7. The molecular weight excluding hydrogens is 281 g/mol. The van der Waals surface area contributed by atoms with Gasteiger partial charge in [0.2, 0.25) is 0 Å². The number of benzene rings is 1. The Labute approximate surface area is 112 Å². The number of aryl methyl sites for hydroxylation is 1. The highest BCUT2D eigenvalue weighted by atomic mass is 35.5. The summed E-state index contributed by atoms with van der Waals surface area (Å²) >= 11 is 5.79. The number of aliphatic hydroxyl groups excluding tert-OH is 1. The highest BCUT2D eigenvalue weighted by Gasteiger charge is 2.40. The molecule has 0 saturated heterocycles. The van der Waals surface area contributed by atoms with Gasteiger partial charge in [0.1, 0.15) is 0 Å². The summed E-state index contributed by atoms with van der Waals surface area (Å²) in [5.74, 6) is 0. The van der Waals surface area contributed by atoms with Crippen molar-refractivity contribution in [3.05, 3.63) is 46.7 Å². The molecule has 0 amide bonds. The fourth-order valence-electron chi connectivity index (χ4n) is 1.67. The van der Waals surface area contributed by atoms with E-state index in [1.807, 2.05) is 0 Å². The van der Waals surface area contributed by atoms with E-state index in [1.54, 1.807) is 13.0 Å². The van der Waals surface area contributed by atoms with Crippen molar-refractivity contribution in [3.8, 4) is 5.69 Å². The highest BCUT2D eigenvalue weighted by molar-refractivity contribution is 6.30. The Balaban J connectivity index is 2.56. The first-order valence-corrected chi connectivity index (χ1v) is 5.73. The zero-order valence-electron chi connectivity index (χ0n) is 9.82. The number of nitrogens with zero attached hydrogens (tertiary/aromatic N) is 2. The topological polar surface area (TPSA) is 38.0 Å². The highest BCUT2D eigenvalue weighted by Crippen LogP contribution is 2.36. The van der Waals surface area contributed by atoms with E-state index in [0.717, 1.165) is 6.07 Å². The van der Waals surface area contributed by atoms with E-state index in [9.17, 15) is 18.3 Å². The molecule has 3 nitrogen and oxygen atoms in total. The number of aliphatic hydroxyl groups is 1. The van der Waals surface area contributed by atoms with Crippen molar-refractivity contribution < 1.29 is 18.3 Å². The average molecular weight is 291 g/mol. The van der Waals surface area contributed by atoms with Gasteiger partial charge in [-0.1, -0.05) is 17.7 Å². The van der Waals surface area contributed by atoms with Crippen LogP contribution in [0, 0.1) is 6.92 Å². The number of hydrogen-bond donors (Lipinski definition) is 1. The molecule has 1 aromatic heterocycles. The summed E-state index contributed by atoms with van der Waals surface area (Å²) in [4.78, 5) is 0. The summed E-state index contributed by atoms with van der Waals surface area (Å²) in [6.07, 6.45) is -5.82. The van der Waals surface area contributed by atoms with Crippen LogP contribution in [-0.4, -0.2) is 21.1 Å². The Morgan fingerprint density at radius 3 is 2.53 bits per heavy atom. The Hall–Kier alpha value is -1.53. The third-order valence-corrected chi connectivity index (χ3v) is 2.80. The van der Waals surface area contributed by atoms with Gasteiger partial charge < -0.3 is 5.11 Å². The van der Waals surface area contributed by atoms with Crippen molar-refractivity contribution in [1.82, 2.24) is 9.78 Å². The van der Waals surface area contributed by atoms with E-state index >= 15 is 0 Å². The molecule has 0 aliphatic rings. The van der Waals surface area contributed by atoms with Crippen LogP contribution in [-0.2, 0) is 0 Å². The van der Waals surface area contributed by atoms with Gasteiger partial charge in [0.05, 0.1) is 11.4 Å². The van der Waals surface area contributed by atoms with Gasteiger partial charge in [-0.2, -0.15) is 18.3 Å². The second-order valence-electron chi connectivity index (χ2n) is 4.05. The maximum Gasteiger partial charge on any atom is 0.418 e. The van der Waals surface area contributed by atoms with Gasteiger partial charge in [-0.05, 0) is 25.1 Å². The SMILES string of the molecule is Cc1ccn(-c2cc(Cl)ccc2[C@H](O)C(F)(F)F)n1. The number of rotatable bonds is 2. The van der Waals surface area contributed by atoms with Crippen LogP contribution in [0.4, 0.5) is 13.2 Å². The lowest BCUT2D eigenvalue weighted by Gasteiger charge is -2.18. The summed E-state index contributed by atoms with van der Waals surface area (Å²) in [6, 6.07) is 5.42. The van der Waals surface area contributed by atoms with Crippen LogP contribution in [0.2, 0.25) is 5.02 Å². The fourth-order valence-corrected chi connectivity index (χ4v) is 1.84. The van der Waals surface area contributed by atoms with Gasteiger partial charge in [0.25, 0.3) is 0 Å². The zero-order chi connectivity index (χ0) is 14.2. The first kappa shape index (κ1) is 13.9. The van der Waals surface area contributed by atoms with Crippen molar-refractivity contribution >= 4 is 11.6 Å². The van der Waals surface area contributed by atoms with E-state index < -0.39 is 12.3 Å². The van der Waals surface area contributed by atoms with Crippen molar-refractivity contribution in [1.29, 1.82) is 0 Å². The van der Waals surface area contributed by atoms with Crippen LogP contribution in [0.1, 0.15) is 17.4 Å². The second-order valence-corrected chi connectivity index (χ2v) is 4.49. The Morgan fingerprint density at radius 1 is 1.32 bits per heavy atom. The normalized spacial score (nSPS) is 13.6. The predicted molar refractivity (Wildman–Crippen MR) is 64.3 cm³/mol. The van der Waals surface area contributed by atoms with E-state index in [0.29, 0.717) is 5.69 Å². The van der Waals surface area contributed by atoms with Crippen molar-refractivity contribution in [2.24, 2.45) is 0 Å². The molecule has 0 aliphatic heterocycles. The molecule has 2 rings (SSSR count).